The molecule has 0 aliphatic heterocycles. The highest BCUT2D eigenvalue weighted by Gasteiger charge is 2.33. The predicted octanol–water partition coefficient (Wildman–Crippen LogP) is 2.48. The van der Waals surface area contributed by atoms with Crippen LogP contribution >= 0.6 is 0 Å². The summed E-state index contributed by atoms with van der Waals surface area (Å²) >= 11 is 0. The van der Waals surface area contributed by atoms with Crippen LogP contribution in [0, 0.1) is 5.92 Å². The molecular formula is C22H28N4O2. The van der Waals surface area contributed by atoms with E-state index in [1.54, 1.807) is 16.9 Å². The smallest absolute Gasteiger partial charge is 0.269 e. The summed E-state index contributed by atoms with van der Waals surface area (Å²) in [6, 6.07) is 10.4. The van der Waals surface area contributed by atoms with Crippen LogP contribution in [0.3, 0.4) is 0 Å². The molecule has 6 nitrogen and oxygen atoms in total. The number of fused-ring (bicyclic) bond motifs is 1. The van der Waals surface area contributed by atoms with E-state index in [-0.39, 0.29) is 29.8 Å². The van der Waals surface area contributed by atoms with Crippen LogP contribution in [0.5, 0.6) is 0 Å². The lowest BCUT2D eigenvalue weighted by Crippen LogP contribution is -2.40. The molecule has 0 saturated heterocycles. The van der Waals surface area contributed by atoms with E-state index in [2.05, 4.69) is 46.9 Å². The first-order valence-corrected chi connectivity index (χ1v) is 10.3. The van der Waals surface area contributed by atoms with Crippen LogP contribution in [0.15, 0.2) is 36.5 Å². The fourth-order valence-corrected chi connectivity index (χ4v) is 4.51. The van der Waals surface area contributed by atoms with Crippen molar-refractivity contribution in [1.29, 1.82) is 0 Å². The molecule has 1 saturated carbocycles. The first kappa shape index (κ1) is 18.7. The van der Waals surface area contributed by atoms with Gasteiger partial charge in [0.15, 0.2) is 0 Å². The lowest BCUT2D eigenvalue weighted by Gasteiger charge is -2.17. The van der Waals surface area contributed by atoms with Gasteiger partial charge in [0.1, 0.15) is 5.69 Å². The minimum Gasteiger partial charge on any atom is -0.352 e. The average molecular weight is 380 g/mol. The SMILES string of the molecule is CCCn1nccc1C(=O)N[C@@H]1CC[C@H](C(=O)NC2Cc3ccccc3C2)C1. The molecule has 1 fully saturated rings. The van der Waals surface area contributed by atoms with Crippen molar-refractivity contribution in [2.45, 2.75) is 64.1 Å². The van der Waals surface area contributed by atoms with E-state index in [4.69, 9.17) is 0 Å². The minimum atomic E-state index is -0.0942. The Morgan fingerprint density at radius 3 is 2.54 bits per heavy atom. The average Bonchev–Trinajstić information content (AvgIpc) is 3.40. The summed E-state index contributed by atoms with van der Waals surface area (Å²) in [6.07, 6.45) is 6.79. The molecule has 4 rings (SSSR count). The normalized spacial score (nSPS) is 21.5. The molecule has 1 aromatic carbocycles. The molecule has 0 spiro atoms. The third-order valence-corrected chi connectivity index (χ3v) is 5.92. The number of amides is 2. The van der Waals surface area contributed by atoms with Crippen LogP contribution in [0.1, 0.15) is 54.2 Å². The molecule has 2 aliphatic carbocycles. The molecule has 0 unspecified atom stereocenters. The molecule has 2 aliphatic rings. The Morgan fingerprint density at radius 2 is 1.82 bits per heavy atom. The monoisotopic (exact) mass is 380 g/mol. The van der Waals surface area contributed by atoms with Crippen molar-refractivity contribution in [2.24, 2.45) is 5.92 Å². The van der Waals surface area contributed by atoms with Crippen LogP contribution in [0.4, 0.5) is 0 Å². The summed E-state index contributed by atoms with van der Waals surface area (Å²) < 4.78 is 1.74. The summed E-state index contributed by atoms with van der Waals surface area (Å²) in [6.45, 7) is 2.79. The van der Waals surface area contributed by atoms with Gasteiger partial charge in [0.25, 0.3) is 5.91 Å². The molecule has 2 atom stereocenters. The number of nitrogens with one attached hydrogen (secondary N) is 2. The third-order valence-electron chi connectivity index (χ3n) is 5.92. The van der Waals surface area contributed by atoms with Crippen molar-refractivity contribution in [3.05, 3.63) is 53.3 Å². The standard InChI is InChI=1S/C22H28N4O2/c1-2-11-26-20(9-10-23-26)22(28)24-18-8-7-17(14-18)21(27)25-19-12-15-5-3-4-6-16(15)13-19/h3-6,9-10,17-19H,2,7-8,11-14H2,1H3,(H,24,28)(H,25,27)/t17-,18+/m0/s1. The van der Waals surface area contributed by atoms with E-state index < -0.39 is 0 Å². The van der Waals surface area contributed by atoms with Gasteiger partial charge in [-0.15, -0.1) is 0 Å². The van der Waals surface area contributed by atoms with E-state index in [9.17, 15) is 9.59 Å². The van der Waals surface area contributed by atoms with Gasteiger partial charge in [0, 0.05) is 30.7 Å². The number of carbonyl (C=O) groups is 2. The molecular weight excluding hydrogens is 352 g/mol. The van der Waals surface area contributed by atoms with Gasteiger partial charge in [-0.1, -0.05) is 31.2 Å². The number of carbonyl (C=O) groups excluding carboxylic acids is 2. The molecule has 0 bridgehead atoms. The minimum absolute atomic E-state index is 0.0189. The first-order chi connectivity index (χ1) is 13.6. The largest absolute Gasteiger partial charge is 0.352 e. The maximum absolute atomic E-state index is 12.7. The van der Waals surface area contributed by atoms with E-state index >= 15 is 0 Å². The Balaban J connectivity index is 1.28. The number of aromatic nitrogens is 2. The van der Waals surface area contributed by atoms with Crippen LogP contribution in [-0.2, 0) is 24.2 Å². The van der Waals surface area contributed by atoms with Gasteiger partial charge in [-0.05, 0) is 55.7 Å². The second-order valence-corrected chi connectivity index (χ2v) is 8.00. The maximum atomic E-state index is 12.7. The van der Waals surface area contributed by atoms with Crippen molar-refractivity contribution in [3.63, 3.8) is 0 Å². The van der Waals surface area contributed by atoms with Gasteiger partial charge in [-0.2, -0.15) is 5.10 Å². The molecule has 148 valence electrons. The molecule has 1 heterocycles. The van der Waals surface area contributed by atoms with Crippen LogP contribution < -0.4 is 10.6 Å². The number of benzene rings is 1. The lowest BCUT2D eigenvalue weighted by molar-refractivity contribution is -0.125. The molecule has 0 radical (unpaired) electrons. The Bertz CT molecular complexity index is 835. The second kappa shape index (κ2) is 8.17. The molecule has 28 heavy (non-hydrogen) atoms. The molecule has 2 aromatic rings. The first-order valence-electron chi connectivity index (χ1n) is 10.3. The zero-order valence-corrected chi connectivity index (χ0v) is 16.4. The Labute approximate surface area is 165 Å². The van der Waals surface area contributed by atoms with Crippen molar-refractivity contribution in [3.8, 4) is 0 Å². The van der Waals surface area contributed by atoms with Gasteiger partial charge >= 0.3 is 0 Å². The van der Waals surface area contributed by atoms with Crippen molar-refractivity contribution < 1.29 is 9.59 Å². The van der Waals surface area contributed by atoms with Gasteiger partial charge in [-0.25, -0.2) is 0 Å². The van der Waals surface area contributed by atoms with Crippen molar-refractivity contribution >= 4 is 11.8 Å². The summed E-state index contributed by atoms with van der Waals surface area (Å²) in [7, 11) is 0. The fourth-order valence-electron chi connectivity index (χ4n) is 4.51. The predicted molar refractivity (Wildman–Crippen MR) is 107 cm³/mol. The number of rotatable bonds is 6. The molecule has 1 aromatic heterocycles. The molecule has 2 amide bonds. The molecule has 2 N–H and O–H groups in total. The zero-order chi connectivity index (χ0) is 19.5. The van der Waals surface area contributed by atoms with E-state index in [1.807, 2.05) is 0 Å². The van der Waals surface area contributed by atoms with Crippen LogP contribution in [0.25, 0.3) is 0 Å². The Morgan fingerprint density at radius 1 is 1.07 bits per heavy atom. The van der Waals surface area contributed by atoms with Gasteiger partial charge in [0.2, 0.25) is 5.91 Å². The van der Waals surface area contributed by atoms with Crippen molar-refractivity contribution in [1.82, 2.24) is 20.4 Å². The maximum Gasteiger partial charge on any atom is 0.269 e. The van der Waals surface area contributed by atoms with Gasteiger partial charge in [-0.3, -0.25) is 14.3 Å². The summed E-state index contributed by atoms with van der Waals surface area (Å²) in [4.78, 5) is 25.3. The van der Waals surface area contributed by atoms with E-state index in [0.717, 1.165) is 38.6 Å². The second-order valence-electron chi connectivity index (χ2n) is 8.00. The van der Waals surface area contributed by atoms with Crippen molar-refractivity contribution in [2.75, 3.05) is 0 Å². The highest BCUT2D eigenvalue weighted by Crippen LogP contribution is 2.27. The van der Waals surface area contributed by atoms with E-state index in [0.29, 0.717) is 12.1 Å². The topological polar surface area (TPSA) is 76.0 Å². The summed E-state index contributed by atoms with van der Waals surface area (Å²) in [5.74, 6) is 0.0170. The Kier molecular flexibility index (Phi) is 5.46. The van der Waals surface area contributed by atoms with Gasteiger partial charge < -0.3 is 10.6 Å². The summed E-state index contributed by atoms with van der Waals surface area (Å²) in [5, 5.41) is 10.5. The van der Waals surface area contributed by atoms with Crippen LogP contribution in [-0.4, -0.2) is 33.7 Å². The number of hydrogen-bond acceptors (Lipinski definition) is 3. The molecule has 6 heteroatoms. The Hall–Kier alpha value is -2.63. The summed E-state index contributed by atoms with van der Waals surface area (Å²) in [5.41, 5.74) is 3.28. The van der Waals surface area contributed by atoms with E-state index in [1.165, 1.54) is 11.1 Å². The zero-order valence-electron chi connectivity index (χ0n) is 16.4. The third kappa shape index (κ3) is 3.96. The quantitative estimate of drug-likeness (QED) is 0.808. The highest BCUT2D eigenvalue weighted by molar-refractivity contribution is 5.92. The highest BCUT2D eigenvalue weighted by atomic mass is 16.2. The number of nitrogens with zero attached hydrogens (tertiary/aromatic N) is 2. The lowest BCUT2D eigenvalue weighted by atomic mass is 10.1. The fraction of sp³-hybridized carbons (Fsp3) is 0.500. The number of aryl methyl sites for hydroxylation is 1. The number of hydrogen-bond donors (Lipinski definition) is 2. The van der Waals surface area contributed by atoms with Crippen LogP contribution in [0.2, 0.25) is 0 Å². The van der Waals surface area contributed by atoms with Gasteiger partial charge in [0.05, 0.1) is 0 Å².